The highest BCUT2D eigenvalue weighted by molar-refractivity contribution is 5.28. The zero-order chi connectivity index (χ0) is 23.1. The number of aliphatic hydroxyl groups is 1. The van der Waals surface area contributed by atoms with Crippen LogP contribution in [0.25, 0.3) is 0 Å². The fourth-order valence-electron chi connectivity index (χ4n) is 3.86. The van der Waals surface area contributed by atoms with E-state index in [1.807, 2.05) is 37.4 Å². The Kier molecular flexibility index (Phi) is 7.59. The molecule has 0 aliphatic carbocycles. The Balaban J connectivity index is 1.32. The standard InChI is InChI=1S/C25H30FN3O4/c1-20-27-9-10-29(20)12-14-32-24-4-2-3-21(15-24)16-28-11-13-31-18-25(30,17-28)19-33-23-7-5-22(26)6-8-23/h2-10,15,30H,11-14,16-19H2,1H3/t25-/m0/s1. The Labute approximate surface area is 193 Å². The van der Waals surface area contributed by atoms with E-state index < -0.39 is 5.60 Å². The van der Waals surface area contributed by atoms with Gasteiger partial charge in [0.25, 0.3) is 0 Å². The predicted molar refractivity (Wildman–Crippen MR) is 122 cm³/mol. The summed E-state index contributed by atoms with van der Waals surface area (Å²) in [6.07, 6.45) is 3.73. The van der Waals surface area contributed by atoms with Gasteiger partial charge in [0.05, 0.1) is 19.8 Å². The molecule has 1 fully saturated rings. The van der Waals surface area contributed by atoms with E-state index in [-0.39, 0.29) is 19.0 Å². The second-order valence-electron chi connectivity index (χ2n) is 8.39. The number of aromatic nitrogens is 2. The van der Waals surface area contributed by atoms with E-state index in [4.69, 9.17) is 14.2 Å². The van der Waals surface area contributed by atoms with Crippen LogP contribution in [0, 0.1) is 12.7 Å². The summed E-state index contributed by atoms with van der Waals surface area (Å²) < 4.78 is 32.4. The number of hydrogen-bond acceptors (Lipinski definition) is 6. The lowest BCUT2D eigenvalue weighted by molar-refractivity contribution is -0.0646. The lowest BCUT2D eigenvalue weighted by Gasteiger charge is -2.30. The zero-order valence-electron chi connectivity index (χ0n) is 18.8. The third-order valence-corrected chi connectivity index (χ3v) is 5.59. The molecule has 1 N–H and O–H groups in total. The number of β-amino-alcohol motifs (C(OH)–C–C–N with tert-alkyl or cyclic N) is 1. The van der Waals surface area contributed by atoms with Crippen LogP contribution in [0.5, 0.6) is 11.5 Å². The number of nitrogens with zero attached hydrogens (tertiary/aromatic N) is 3. The molecule has 0 radical (unpaired) electrons. The first-order valence-electron chi connectivity index (χ1n) is 11.1. The maximum atomic E-state index is 13.1. The van der Waals surface area contributed by atoms with Crippen molar-refractivity contribution in [1.29, 1.82) is 0 Å². The Bertz CT molecular complexity index is 1030. The molecule has 8 heteroatoms. The Hall–Kier alpha value is -2.94. The molecule has 7 nitrogen and oxygen atoms in total. The average Bonchev–Trinajstić information content (AvgIpc) is 3.11. The minimum absolute atomic E-state index is 0.0615. The maximum absolute atomic E-state index is 13.1. The van der Waals surface area contributed by atoms with Gasteiger partial charge in [0.2, 0.25) is 0 Å². The van der Waals surface area contributed by atoms with Crippen molar-refractivity contribution in [2.75, 3.05) is 39.5 Å². The summed E-state index contributed by atoms with van der Waals surface area (Å²) in [6.45, 7) is 5.78. The predicted octanol–water partition coefficient (Wildman–Crippen LogP) is 3.05. The zero-order valence-corrected chi connectivity index (χ0v) is 18.8. The molecule has 1 aromatic heterocycles. The summed E-state index contributed by atoms with van der Waals surface area (Å²) in [5.41, 5.74) is -0.0724. The highest BCUT2D eigenvalue weighted by Gasteiger charge is 2.33. The number of hydrogen-bond donors (Lipinski definition) is 1. The van der Waals surface area contributed by atoms with Crippen LogP contribution in [0.15, 0.2) is 60.9 Å². The van der Waals surface area contributed by atoms with Gasteiger partial charge in [-0.25, -0.2) is 9.37 Å². The first-order valence-corrected chi connectivity index (χ1v) is 11.1. The van der Waals surface area contributed by atoms with Gasteiger partial charge in [-0.2, -0.15) is 0 Å². The fraction of sp³-hybridized carbons (Fsp3) is 0.400. The quantitative estimate of drug-likeness (QED) is 0.535. The van der Waals surface area contributed by atoms with Gasteiger partial charge in [0, 0.05) is 32.0 Å². The van der Waals surface area contributed by atoms with Crippen molar-refractivity contribution in [2.24, 2.45) is 0 Å². The number of ether oxygens (including phenoxy) is 3. The first kappa shape index (κ1) is 23.2. The van der Waals surface area contributed by atoms with Crippen molar-refractivity contribution >= 4 is 0 Å². The maximum Gasteiger partial charge on any atom is 0.134 e. The molecule has 0 amide bonds. The van der Waals surface area contributed by atoms with Crippen LogP contribution in [0.3, 0.4) is 0 Å². The summed E-state index contributed by atoms with van der Waals surface area (Å²) in [4.78, 5) is 6.37. The van der Waals surface area contributed by atoms with Gasteiger partial charge in [-0.3, -0.25) is 4.90 Å². The number of halogens is 1. The topological polar surface area (TPSA) is 69.0 Å². The van der Waals surface area contributed by atoms with Crippen LogP contribution in [0.4, 0.5) is 4.39 Å². The van der Waals surface area contributed by atoms with E-state index in [9.17, 15) is 9.50 Å². The monoisotopic (exact) mass is 455 g/mol. The molecular weight excluding hydrogens is 425 g/mol. The SMILES string of the molecule is Cc1nccn1CCOc1cccc(CN2CCOC[C@](O)(COc3ccc(F)cc3)C2)c1. The van der Waals surface area contributed by atoms with Crippen LogP contribution in [-0.2, 0) is 17.8 Å². The van der Waals surface area contributed by atoms with Crippen LogP contribution in [0.2, 0.25) is 0 Å². The largest absolute Gasteiger partial charge is 0.492 e. The van der Waals surface area contributed by atoms with Crippen LogP contribution in [0.1, 0.15) is 11.4 Å². The number of imidazole rings is 1. The van der Waals surface area contributed by atoms with E-state index in [0.717, 1.165) is 23.7 Å². The number of aryl methyl sites for hydroxylation is 1. The van der Waals surface area contributed by atoms with Gasteiger partial charge in [-0.05, 0) is 48.9 Å². The first-order chi connectivity index (χ1) is 16.0. The van der Waals surface area contributed by atoms with Crippen molar-refractivity contribution in [3.63, 3.8) is 0 Å². The molecule has 1 atom stereocenters. The van der Waals surface area contributed by atoms with Crippen molar-refractivity contribution < 1.29 is 23.7 Å². The van der Waals surface area contributed by atoms with Gasteiger partial charge in [-0.1, -0.05) is 12.1 Å². The minimum atomic E-state index is -1.17. The molecule has 176 valence electrons. The van der Waals surface area contributed by atoms with E-state index in [1.165, 1.54) is 12.1 Å². The molecule has 1 saturated heterocycles. The average molecular weight is 456 g/mol. The van der Waals surface area contributed by atoms with Crippen LogP contribution >= 0.6 is 0 Å². The summed E-state index contributed by atoms with van der Waals surface area (Å²) >= 11 is 0. The van der Waals surface area contributed by atoms with E-state index in [0.29, 0.717) is 38.6 Å². The summed E-state index contributed by atoms with van der Waals surface area (Å²) in [6, 6.07) is 13.8. The molecule has 0 unspecified atom stereocenters. The van der Waals surface area contributed by atoms with E-state index >= 15 is 0 Å². The normalized spacial score (nSPS) is 19.2. The summed E-state index contributed by atoms with van der Waals surface area (Å²) in [7, 11) is 0. The van der Waals surface area contributed by atoms with Crippen molar-refractivity contribution in [1.82, 2.24) is 14.5 Å². The molecule has 33 heavy (non-hydrogen) atoms. The van der Waals surface area contributed by atoms with Crippen molar-refractivity contribution in [2.45, 2.75) is 25.6 Å². The molecule has 0 spiro atoms. The second kappa shape index (κ2) is 10.8. The Morgan fingerprint density at radius 1 is 1.15 bits per heavy atom. The highest BCUT2D eigenvalue weighted by atomic mass is 19.1. The van der Waals surface area contributed by atoms with Gasteiger partial charge >= 0.3 is 0 Å². The van der Waals surface area contributed by atoms with Gasteiger partial charge in [-0.15, -0.1) is 0 Å². The summed E-state index contributed by atoms with van der Waals surface area (Å²) in [5, 5.41) is 11.1. The minimum Gasteiger partial charge on any atom is -0.492 e. The van der Waals surface area contributed by atoms with Crippen molar-refractivity contribution in [3.8, 4) is 11.5 Å². The molecule has 2 heterocycles. The number of benzene rings is 2. The Morgan fingerprint density at radius 3 is 2.79 bits per heavy atom. The van der Waals surface area contributed by atoms with Gasteiger partial charge in [0.15, 0.2) is 0 Å². The van der Waals surface area contributed by atoms with E-state index in [2.05, 4.69) is 14.5 Å². The molecule has 4 rings (SSSR count). The third kappa shape index (κ3) is 6.77. The third-order valence-electron chi connectivity index (χ3n) is 5.59. The molecular formula is C25H30FN3O4. The molecule has 2 aromatic carbocycles. The molecule has 1 aliphatic rings. The lowest BCUT2D eigenvalue weighted by Crippen LogP contribution is -2.48. The number of rotatable bonds is 9. The van der Waals surface area contributed by atoms with Crippen LogP contribution in [-0.4, -0.2) is 64.7 Å². The lowest BCUT2D eigenvalue weighted by atomic mass is 10.1. The van der Waals surface area contributed by atoms with Crippen LogP contribution < -0.4 is 9.47 Å². The Morgan fingerprint density at radius 2 is 2.00 bits per heavy atom. The highest BCUT2D eigenvalue weighted by Crippen LogP contribution is 2.20. The second-order valence-corrected chi connectivity index (χ2v) is 8.39. The smallest absolute Gasteiger partial charge is 0.134 e. The van der Waals surface area contributed by atoms with Crippen molar-refractivity contribution in [3.05, 3.63) is 78.1 Å². The molecule has 0 bridgehead atoms. The van der Waals surface area contributed by atoms with Gasteiger partial charge in [0.1, 0.15) is 42.0 Å². The molecule has 3 aromatic rings. The fourth-order valence-corrected chi connectivity index (χ4v) is 3.86. The molecule has 1 aliphatic heterocycles. The van der Waals surface area contributed by atoms with E-state index in [1.54, 1.807) is 18.3 Å². The molecule has 0 saturated carbocycles. The van der Waals surface area contributed by atoms with Gasteiger partial charge < -0.3 is 23.9 Å². The summed E-state index contributed by atoms with van der Waals surface area (Å²) in [5.74, 6) is 1.96.